The number of hydrogen-bond acceptors (Lipinski definition) is 3. The van der Waals surface area contributed by atoms with Crippen molar-refractivity contribution in [2.75, 3.05) is 0 Å². The van der Waals surface area contributed by atoms with Crippen molar-refractivity contribution in [2.45, 2.75) is 19.6 Å². The average molecular weight is 306 g/mol. The highest BCUT2D eigenvalue weighted by atomic mass is 16.5. The minimum absolute atomic E-state index is 0.163. The van der Waals surface area contributed by atoms with Crippen LogP contribution in [0, 0.1) is 0 Å². The molecule has 4 heteroatoms. The molecule has 4 nitrogen and oxygen atoms in total. The summed E-state index contributed by atoms with van der Waals surface area (Å²) in [6, 6.07) is 19.4. The Balaban J connectivity index is 1.66. The molecule has 0 spiro atoms. The molecule has 0 unspecified atom stereocenters. The summed E-state index contributed by atoms with van der Waals surface area (Å²) in [6.07, 6.45) is 1.13. The van der Waals surface area contributed by atoms with Crippen LogP contribution in [-0.2, 0) is 11.3 Å². The SMILES string of the molecule is C[C@H](Oc1cccc2ccccc12)C(=O)NCc1ccccn1. The molecule has 0 aliphatic rings. The van der Waals surface area contributed by atoms with Crippen LogP contribution in [0.2, 0.25) is 0 Å². The number of fused-ring (bicyclic) bond motifs is 1. The highest BCUT2D eigenvalue weighted by molar-refractivity contribution is 5.89. The molecule has 1 amide bonds. The maximum Gasteiger partial charge on any atom is 0.261 e. The van der Waals surface area contributed by atoms with Gasteiger partial charge in [-0.3, -0.25) is 9.78 Å². The van der Waals surface area contributed by atoms with Crippen LogP contribution in [0.25, 0.3) is 10.8 Å². The number of benzene rings is 2. The van der Waals surface area contributed by atoms with Gasteiger partial charge in [0.1, 0.15) is 5.75 Å². The van der Waals surface area contributed by atoms with Crippen molar-refractivity contribution in [3.8, 4) is 5.75 Å². The zero-order valence-corrected chi connectivity index (χ0v) is 12.9. The number of hydrogen-bond donors (Lipinski definition) is 1. The van der Waals surface area contributed by atoms with Crippen LogP contribution in [0.15, 0.2) is 66.9 Å². The summed E-state index contributed by atoms with van der Waals surface area (Å²) in [7, 11) is 0. The van der Waals surface area contributed by atoms with Crippen molar-refractivity contribution >= 4 is 16.7 Å². The Bertz CT molecular complexity index is 797. The lowest BCUT2D eigenvalue weighted by Crippen LogP contribution is -2.36. The van der Waals surface area contributed by atoms with Gasteiger partial charge in [0.2, 0.25) is 0 Å². The van der Waals surface area contributed by atoms with Gasteiger partial charge in [0.05, 0.1) is 12.2 Å². The minimum atomic E-state index is -0.579. The predicted molar refractivity (Wildman–Crippen MR) is 90.1 cm³/mol. The van der Waals surface area contributed by atoms with E-state index in [1.165, 1.54) is 0 Å². The molecule has 116 valence electrons. The van der Waals surface area contributed by atoms with E-state index in [-0.39, 0.29) is 5.91 Å². The molecule has 0 saturated carbocycles. The fourth-order valence-electron chi connectivity index (χ4n) is 2.37. The zero-order valence-electron chi connectivity index (χ0n) is 12.9. The van der Waals surface area contributed by atoms with E-state index in [1.54, 1.807) is 13.1 Å². The van der Waals surface area contributed by atoms with Crippen molar-refractivity contribution in [1.29, 1.82) is 0 Å². The number of nitrogens with one attached hydrogen (secondary N) is 1. The van der Waals surface area contributed by atoms with Gasteiger partial charge in [0.15, 0.2) is 6.10 Å². The van der Waals surface area contributed by atoms with Crippen molar-refractivity contribution < 1.29 is 9.53 Å². The summed E-state index contributed by atoms with van der Waals surface area (Å²) in [6.45, 7) is 2.14. The highest BCUT2D eigenvalue weighted by Gasteiger charge is 2.15. The Labute approximate surface area is 135 Å². The van der Waals surface area contributed by atoms with E-state index in [1.807, 2.05) is 60.7 Å². The minimum Gasteiger partial charge on any atom is -0.480 e. The standard InChI is InChI=1S/C19H18N2O2/c1-14(19(22)21-13-16-9-4-5-12-20-16)23-18-11-6-8-15-7-2-3-10-17(15)18/h2-12,14H,13H2,1H3,(H,21,22)/t14-/m0/s1. The monoisotopic (exact) mass is 306 g/mol. The fourth-order valence-corrected chi connectivity index (χ4v) is 2.37. The summed E-state index contributed by atoms with van der Waals surface area (Å²) in [5.74, 6) is 0.548. The normalized spacial score (nSPS) is 11.9. The summed E-state index contributed by atoms with van der Waals surface area (Å²) in [4.78, 5) is 16.4. The van der Waals surface area contributed by atoms with E-state index in [2.05, 4.69) is 10.3 Å². The van der Waals surface area contributed by atoms with E-state index >= 15 is 0 Å². The van der Waals surface area contributed by atoms with Crippen LogP contribution in [0.1, 0.15) is 12.6 Å². The Morgan fingerprint density at radius 1 is 1.09 bits per heavy atom. The molecule has 0 aliphatic heterocycles. The second-order valence-corrected chi connectivity index (χ2v) is 5.28. The third-order valence-electron chi connectivity index (χ3n) is 3.59. The van der Waals surface area contributed by atoms with Crippen LogP contribution < -0.4 is 10.1 Å². The second-order valence-electron chi connectivity index (χ2n) is 5.28. The first-order valence-corrected chi connectivity index (χ1v) is 7.56. The summed E-state index contributed by atoms with van der Waals surface area (Å²) in [5, 5.41) is 4.93. The van der Waals surface area contributed by atoms with Crippen LogP contribution in [-0.4, -0.2) is 17.0 Å². The van der Waals surface area contributed by atoms with Crippen LogP contribution in [0.5, 0.6) is 5.75 Å². The summed E-state index contributed by atoms with van der Waals surface area (Å²) in [5.41, 5.74) is 0.818. The van der Waals surface area contributed by atoms with Gasteiger partial charge < -0.3 is 10.1 Å². The molecule has 0 radical (unpaired) electrons. The van der Waals surface area contributed by atoms with Crippen molar-refractivity contribution in [3.05, 3.63) is 72.6 Å². The van der Waals surface area contributed by atoms with Crippen LogP contribution in [0.3, 0.4) is 0 Å². The summed E-state index contributed by atoms with van der Waals surface area (Å²) < 4.78 is 5.85. The maximum absolute atomic E-state index is 12.2. The molecule has 0 aliphatic carbocycles. The number of aromatic nitrogens is 1. The number of nitrogens with zero attached hydrogens (tertiary/aromatic N) is 1. The van der Waals surface area contributed by atoms with E-state index in [4.69, 9.17) is 4.74 Å². The third-order valence-corrected chi connectivity index (χ3v) is 3.59. The lowest BCUT2D eigenvalue weighted by Gasteiger charge is -2.16. The molecule has 0 saturated heterocycles. The van der Waals surface area contributed by atoms with Crippen LogP contribution in [0.4, 0.5) is 0 Å². The predicted octanol–water partition coefficient (Wildman–Crippen LogP) is 3.32. The number of ether oxygens (including phenoxy) is 1. The third kappa shape index (κ3) is 3.66. The molecule has 1 atom stereocenters. The van der Waals surface area contributed by atoms with Crippen molar-refractivity contribution in [2.24, 2.45) is 0 Å². The molecule has 2 aromatic carbocycles. The Morgan fingerprint density at radius 2 is 1.87 bits per heavy atom. The first-order valence-electron chi connectivity index (χ1n) is 7.56. The topological polar surface area (TPSA) is 51.2 Å². The number of carbonyl (C=O) groups is 1. The van der Waals surface area contributed by atoms with Gasteiger partial charge in [-0.2, -0.15) is 0 Å². The number of pyridine rings is 1. The summed E-state index contributed by atoms with van der Waals surface area (Å²) >= 11 is 0. The van der Waals surface area contributed by atoms with Gasteiger partial charge in [0, 0.05) is 11.6 Å². The smallest absolute Gasteiger partial charge is 0.261 e. The van der Waals surface area contributed by atoms with Crippen LogP contribution >= 0.6 is 0 Å². The fraction of sp³-hybridized carbons (Fsp3) is 0.158. The molecule has 1 aromatic heterocycles. The number of amides is 1. The molecule has 0 bridgehead atoms. The number of rotatable bonds is 5. The van der Waals surface area contributed by atoms with Crippen molar-refractivity contribution in [1.82, 2.24) is 10.3 Å². The maximum atomic E-state index is 12.2. The second kappa shape index (κ2) is 6.92. The van der Waals surface area contributed by atoms with E-state index in [0.29, 0.717) is 12.3 Å². The van der Waals surface area contributed by atoms with E-state index < -0.39 is 6.10 Å². The molecule has 3 rings (SSSR count). The Hall–Kier alpha value is -2.88. The Morgan fingerprint density at radius 3 is 2.70 bits per heavy atom. The lowest BCUT2D eigenvalue weighted by atomic mass is 10.1. The first kappa shape index (κ1) is 15.0. The molecule has 1 N–H and O–H groups in total. The molecule has 3 aromatic rings. The van der Waals surface area contributed by atoms with Gasteiger partial charge in [0.25, 0.3) is 5.91 Å². The van der Waals surface area contributed by atoms with Gasteiger partial charge in [-0.1, -0.05) is 42.5 Å². The van der Waals surface area contributed by atoms with Gasteiger partial charge in [-0.15, -0.1) is 0 Å². The lowest BCUT2D eigenvalue weighted by molar-refractivity contribution is -0.127. The number of carbonyl (C=O) groups excluding carboxylic acids is 1. The molecule has 0 fully saturated rings. The molecule has 1 heterocycles. The van der Waals surface area contributed by atoms with E-state index in [9.17, 15) is 4.79 Å². The van der Waals surface area contributed by atoms with Gasteiger partial charge >= 0.3 is 0 Å². The molecular weight excluding hydrogens is 288 g/mol. The quantitative estimate of drug-likeness (QED) is 0.786. The molecular formula is C19H18N2O2. The van der Waals surface area contributed by atoms with Gasteiger partial charge in [-0.05, 0) is 30.5 Å². The van der Waals surface area contributed by atoms with Crippen molar-refractivity contribution in [3.63, 3.8) is 0 Å². The average Bonchev–Trinajstić information content (AvgIpc) is 2.61. The zero-order chi connectivity index (χ0) is 16.1. The molecule has 23 heavy (non-hydrogen) atoms. The van der Waals surface area contributed by atoms with E-state index in [0.717, 1.165) is 16.5 Å². The Kier molecular flexibility index (Phi) is 4.52. The first-order chi connectivity index (χ1) is 11.2. The van der Waals surface area contributed by atoms with Gasteiger partial charge in [-0.25, -0.2) is 0 Å². The highest BCUT2D eigenvalue weighted by Crippen LogP contribution is 2.25. The largest absolute Gasteiger partial charge is 0.480 e.